The van der Waals surface area contributed by atoms with E-state index in [1.165, 1.54) is 0 Å². The van der Waals surface area contributed by atoms with Crippen molar-refractivity contribution < 1.29 is 9.47 Å². The molecule has 0 radical (unpaired) electrons. The van der Waals surface area contributed by atoms with E-state index in [1.54, 1.807) is 13.2 Å². The molecule has 0 saturated heterocycles. The minimum absolute atomic E-state index is 0.260. The monoisotopic (exact) mass is 416 g/mol. The van der Waals surface area contributed by atoms with Crippen LogP contribution in [0.25, 0.3) is 22.4 Å². The first-order valence-electron chi connectivity index (χ1n) is 10.1. The van der Waals surface area contributed by atoms with Crippen molar-refractivity contribution in [3.8, 4) is 23.6 Å². The maximum atomic E-state index is 9.75. The van der Waals surface area contributed by atoms with Gasteiger partial charge in [-0.05, 0) is 52.2 Å². The molecule has 4 rings (SSSR count). The molecule has 154 valence electrons. The molecule has 0 heterocycles. The Labute approximate surface area is 187 Å². The summed E-state index contributed by atoms with van der Waals surface area (Å²) in [6.07, 6.45) is 1.83. The van der Waals surface area contributed by atoms with Crippen LogP contribution in [0.15, 0.2) is 84.9 Å². The molecule has 0 aliphatic carbocycles. The van der Waals surface area contributed by atoms with E-state index in [2.05, 4.69) is 12.1 Å². The van der Waals surface area contributed by atoms with Crippen molar-refractivity contribution in [3.63, 3.8) is 0 Å². The van der Waals surface area contributed by atoms with E-state index < -0.39 is 0 Å². The molecule has 0 spiro atoms. The first-order valence-corrected chi connectivity index (χ1v) is 10.1. The van der Waals surface area contributed by atoms with Gasteiger partial charge in [0.15, 0.2) is 11.5 Å². The van der Waals surface area contributed by atoms with E-state index in [0.29, 0.717) is 22.6 Å². The molecule has 4 heteroatoms. The zero-order chi connectivity index (χ0) is 22.3. The van der Waals surface area contributed by atoms with Gasteiger partial charge in [-0.1, -0.05) is 60.7 Å². The van der Waals surface area contributed by atoms with Crippen molar-refractivity contribution in [1.82, 2.24) is 0 Å². The van der Waals surface area contributed by atoms with Gasteiger partial charge in [-0.15, -0.1) is 0 Å². The van der Waals surface area contributed by atoms with Gasteiger partial charge in [0.1, 0.15) is 6.61 Å². The van der Waals surface area contributed by atoms with Gasteiger partial charge in [-0.2, -0.15) is 10.5 Å². The summed E-state index contributed by atoms with van der Waals surface area (Å²) in [4.78, 5) is 0. The summed E-state index contributed by atoms with van der Waals surface area (Å²) in [6, 6.07) is 31.4. The second kappa shape index (κ2) is 9.51. The van der Waals surface area contributed by atoms with E-state index in [9.17, 15) is 10.5 Å². The number of nitriles is 2. The number of allylic oxidation sites excluding steroid dienone is 1. The highest BCUT2D eigenvalue weighted by molar-refractivity contribution is 5.94. The molecule has 4 aromatic carbocycles. The van der Waals surface area contributed by atoms with Crippen LogP contribution in [0.5, 0.6) is 11.5 Å². The van der Waals surface area contributed by atoms with Gasteiger partial charge in [0.05, 0.1) is 30.4 Å². The minimum atomic E-state index is 0.260. The lowest BCUT2D eigenvalue weighted by molar-refractivity contribution is 0.284. The highest BCUT2D eigenvalue weighted by Gasteiger charge is 2.09. The first-order chi connectivity index (χ1) is 15.7. The average molecular weight is 416 g/mol. The number of ether oxygens (including phenoxy) is 2. The summed E-state index contributed by atoms with van der Waals surface area (Å²) < 4.78 is 11.4. The number of hydrogen-bond donors (Lipinski definition) is 0. The third-order valence-electron chi connectivity index (χ3n) is 5.20. The lowest BCUT2D eigenvalue weighted by atomic mass is 10.00. The number of rotatable bonds is 6. The molecule has 4 nitrogen and oxygen atoms in total. The Morgan fingerprint density at radius 3 is 2.41 bits per heavy atom. The van der Waals surface area contributed by atoms with Crippen molar-refractivity contribution in [2.24, 2.45) is 0 Å². The van der Waals surface area contributed by atoms with Gasteiger partial charge in [-0.25, -0.2) is 0 Å². The molecule has 0 atom stereocenters. The van der Waals surface area contributed by atoms with Crippen LogP contribution in [-0.2, 0) is 6.61 Å². The molecule has 0 N–H and O–H groups in total. The van der Waals surface area contributed by atoms with Crippen LogP contribution in [0.2, 0.25) is 0 Å². The molecule has 4 aromatic rings. The van der Waals surface area contributed by atoms with Crippen molar-refractivity contribution in [3.05, 3.63) is 107 Å². The maximum Gasteiger partial charge on any atom is 0.161 e. The summed E-state index contributed by atoms with van der Waals surface area (Å²) in [5, 5.41) is 21.2. The molecule has 0 aliphatic rings. The maximum absolute atomic E-state index is 9.75. The largest absolute Gasteiger partial charge is 0.493 e. The molecule has 0 saturated carbocycles. The normalized spacial score (nSPS) is 10.9. The summed E-state index contributed by atoms with van der Waals surface area (Å²) in [7, 11) is 1.58. The topological polar surface area (TPSA) is 66.0 Å². The molecule has 0 aliphatic heterocycles. The van der Waals surface area contributed by atoms with E-state index in [4.69, 9.17) is 9.47 Å². The van der Waals surface area contributed by atoms with Crippen LogP contribution in [0.4, 0.5) is 0 Å². The Morgan fingerprint density at radius 1 is 0.844 bits per heavy atom. The molecular formula is C28H20N2O2. The lowest BCUT2D eigenvalue weighted by Gasteiger charge is -2.12. The van der Waals surface area contributed by atoms with Gasteiger partial charge in [0.2, 0.25) is 0 Å². The van der Waals surface area contributed by atoms with E-state index in [-0.39, 0.29) is 6.61 Å². The van der Waals surface area contributed by atoms with Crippen molar-refractivity contribution in [2.45, 2.75) is 6.61 Å². The highest BCUT2D eigenvalue weighted by Crippen LogP contribution is 2.31. The number of methoxy groups -OCH3 is 1. The molecular weight excluding hydrogens is 396 g/mol. The van der Waals surface area contributed by atoms with Crippen LogP contribution in [0.3, 0.4) is 0 Å². The fourth-order valence-electron chi connectivity index (χ4n) is 3.51. The third-order valence-corrected chi connectivity index (χ3v) is 5.20. The standard InChI is InChI=1S/C28H20N2O2/c1-31-28-15-20(10-13-27(28)32-19-25-9-5-4-8-24(25)17-29)14-26(18-30)23-12-11-21-6-2-3-7-22(21)16-23/h2-16H,19H2,1H3. The average Bonchev–Trinajstić information content (AvgIpc) is 2.86. The molecule has 0 amide bonds. The smallest absolute Gasteiger partial charge is 0.161 e. The molecule has 0 aromatic heterocycles. The van der Waals surface area contributed by atoms with Crippen LogP contribution < -0.4 is 9.47 Å². The quantitative estimate of drug-likeness (QED) is 0.271. The van der Waals surface area contributed by atoms with Gasteiger partial charge in [0.25, 0.3) is 0 Å². The number of fused-ring (bicyclic) bond motifs is 1. The SMILES string of the molecule is COc1cc(C=C(C#N)c2ccc3ccccc3c2)ccc1OCc1ccccc1C#N. The predicted molar refractivity (Wildman–Crippen MR) is 126 cm³/mol. The summed E-state index contributed by atoms with van der Waals surface area (Å²) in [5.41, 5.74) is 3.65. The van der Waals surface area contributed by atoms with Gasteiger partial charge in [-0.3, -0.25) is 0 Å². The second-order valence-corrected chi connectivity index (χ2v) is 7.20. The van der Waals surface area contributed by atoms with E-state index in [1.807, 2.05) is 84.9 Å². The molecule has 0 bridgehead atoms. The first kappa shape index (κ1) is 20.7. The number of nitrogens with zero attached hydrogens (tertiary/aromatic N) is 2. The second-order valence-electron chi connectivity index (χ2n) is 7.20. The van der Waals surface area contributed by atoms with E-state index in [0.717, 1.165) is 27.5 Å². The summed E-state index contributed by atoms with van der Waals surface area (Å²) >= 11 is 0. The van der Waals surface area contributed by atoms with Gasteiger partial charge >= 0.3 is 0 Å². The zero-order valence-electron chi connectivity index (χ0n) is 17.6. The van der Waals surface area contributed by atoms with Gasteiger partial charge < -0.3 is 9.47 Å². The Morgan fingerprint density at radius 2 is 1.62 bits per heavy atom. The van der Waals surface area contributed by atoms with Crippen LogP contribution in [0, 0.1) is 22.7 Å². The van der Waals surface area contributed by atoms with Crippen LogP contribution >= 0.6 is 0 Å². The fraction of sp³-hybridized carbons (Fsp3) is 0.0714. The van der Waals surface area contributed by atoms with Gasteiger partial charge in [0, 0.05) is 5.56 Å². The van der Waals surface area contributed by atoms with E-state index >= 15 is 0 Å². The Balaban J connectivity index is 1.60. The molecule has 0 fully saturated rings. The zero-order valence-corrected chi connectivity index (χ0v) is 17.6. The lowest BCUT2D eigenvalue weighted by Crippen LogP contribution is -2.00. The fourth-order valence-corrected chi connectivity index (χ4v) is 3.51. The number of benzene rings is 4. The Kier molecular flexibility index (Phi) is 6.16. The molecule has 32 heavy (non-hydrogen) atoms. The van der Waals surface area contributed by atoms with Crippen molar-refractivity contribution in [1.29, 1.82) is 10.5 Å². The van der Waals surface area contributed by atoms with Crippen molar-refractivity contribution in [2.75, 3.05) is 7.11 Å². The highest BCUT2D eigenvalue weighted by atomic mass is 16.5. The Hall–Kier alpha value is -4.54. The summed E-state index contributed by atoms with van der Waals surface area (Å²) in [5.74, 6) is 1.13. The van der Waals surface area contributed by atoms with Crippen molar-refractivity contribution >= 4 is 22.4 Å². The van der Waals surface area contributed by atoms with Crippen LogP contribution in [-0.4, -0.2) is 7.11 Å². The minimum Gasteiger partial charge on any atom is -0.493 e. The summed E-state index contributed by atoms with van der Waals surface area (Å²) in [6.45, 7) is 0.260. The number of hydrogen-bond acceptors (Lipinski definition) is 4. The predicted octanol–water partition coefficient (Wildman–Crippen LogP) is 6.36. The van der Waals surface area contributed by atoms with Crippen LogP contribution in [0.1, 0.15) is 22.3 Å². The molecule has 0 unspecified atom stereocenters. The Bertz CT molecular complexity index is 1390. The third kappa shape index (κ3) is 4.46.